The average molecular weight is 317 g/mol. The van der Waals surface area contributed by atoms with Crippen LogP contribution in [0.25, 0.3) is 33.3 Å². The SMILES string of the molecule is CC(C)(C)c1ccc2oc(-c3cccc4cc(O)ccc34)nc2c1. The molecule has 0 saturated heterocycles. The molecule has 0 unspecified atom stereocenters. The number of fused-ring (bicyclic) bond motifs is 2. The Morgan fingerprint density at radius 1 is 0.958 bits per heavy atom. The molecular weight excluding hydrogens is 298 g/mol. The summed E-state index contributed by atoms with van der Waals surface area (Å²) in [6.45, 7) is 6.56. The first kappa shape index (κ1) is 14.8. The van der Waals surface area contributed by atoms with Crippen molar-refractivity contribution in [2.75, 3.05) is 0 Å². The van der Waals surface area contributed by atoms with Gasteiger partial charge in [-0.15, -0.1) is 0 Å². The number of hydrogen-bond acceptors (Lipinski definition) is 3. The maximum Gasteiger partial charge on any atom is 0.227 e. The molecule has 3 aromatic carbocycles. The van der Waals surface area contributed by atoms with E-state index in [0.717, 1.165) is 27.4 Å². The van der Waals surface area contributed by atoms with Crippen LogP contribution in [0.2, 0.25) is 0 Å². The lowest BCUT2D eigenvalue weighted by molar-refractivity contribution is 0.476. The van der Waals surface area contributed by atoms with Crippen molar-refractivity contribution in [3.05, 3.63) is 60.2 Å². The summed E-state index contributed by atoms with van der Waals surface area (Å²) in [7, 11) is 0. The van der Waals surface area contributed by atoms with Gasteiger partial charge < -0.3 is 9.52 Å². The zero-order valence-corrected chi connectivity index (χ0v) is 14.0. The van der Waals surface area contributed by atoms with E-state index in [9.17, 15) is 5.11 Å². The third-order valence-electron chi connectivity index (χ3n) is 4.35. The summed E-state index contributed by atoms with van der Waals surface area (Å²) in [6.07, 6.45) is 0. The topological polar surface area (TPSA) is 46.3 Å². The highest BCUT2D eigenvalue weighted by Crippen LogP contribution is 2.33. The lowest BCUT2D eigenvalue weighted by Crippen LogP contribution is -2.10. The summed E-state index contributed by atoms with van der Waals surface area (Å²) < 4.78 is 5.99. The highest BCUT2D eigenvalue weighted by molar-refractivity contribution is 5.96. The number of aromatic nitrogens is 1. The molecule has 0 spiro atoms. The first-order chi connectivity index (χ1) is 11.4. The lowest BCUT2D eigenvalue weighted by Gasteiger charge is -2.18. The summed E-state index contributed by atoms with van der Waals surface area (Å²) in [5.74, 6) is 0.861. The molecule has 0 fully saturated rings. The summed E-state index contributed by atoms with van der Waals surface area (Å²) in [4.78, 5) is 4.70. The van der Waals surface area contributed by atoms with E-state index in [1.54, 1.807) is 12.1 Å². The van der Waals surface area contributed by atoms with Gasteiger partial charge >= 0.3 is 0 Å². The van der Waals surface area contributed by atoms with Crippen LogP contribution in [0.4, 0.5) is 0 Å². The van der Waals surface area contributed by atoms with Crippen molar-refractivity contribution in [3.63, 3.8) is 0 Å². The molecule has 0 atom stereocenters. The molecular formula is C21H19NO2. The van der Waals surface area contributed by atoms with Gasteiger partial charge in [0.2, 0.25) is 5.89 Å². The quantitative estimate of drug-likeness (QED) is 0.493. The molecule has 1 N–H and O–H groups in total. The number of phenols is 1. The molecule has 120 valence electrons. The fourth-order valence-corrected chi connectivity index (χ4v) is 2.97. The van der Waals surface area contributed by atoms with E-state index in [1.165, 1.54) is 5.56 Å². The summed E-state index contributed by atoms with van der Waals surface area (Å²) in [5.41, 5.74) is 3.89. The maximum atomic E-state index is 9.67. The molecule has 3 heteroatoms. The Labute approximate surface area is 140 Å². The van der Waals surface area contributed by atoms with Crippen LogP contribution in [0.5, 0.6) is 5.75 Å². The maximum absolute atomic E-state index is 9.67. The smallest absolute Gasteiger partial charge is 0.227 e. The van der Waals surface area contributed by atoms with Crippen molar-refractivity contribution in [1.82, 2.24) is 4.98 Å². The van der Waals surface area contributed by atoms with Crippen LogP contribution in [-0.4, -0.2) is 10.1 Å². The third-order valence-corrected chi connectivity index (χ3v) is 4.35. The zero-order valence-electron chi connectivity index (χ0n) is 14.0. The van der Waals surface area contributed by atoms with Crippen LogP contribution < -0.4 is 0 Å². The monoisotopic (exact) mass is 317 g/mol. The molecule has 0 aliphatic carbocycles. The molecule has 0 aliphatic rings. The second kappa shape index (κ2) is 5.10. The van der Waals surface area contributed by atoms with Gasteiger partial charge in [0.05, 0.1) is 0 Å². The molecule has 0 aliphatic heterocycles. The van der Waals surface area contributed by atoms with Crippen molar-refractivity contribution >= 4 is 21.9 Å². The molecule has 24 heavy (non-hydrogen) atoms. The molecule has 1 aromatic heterocycles. The minimum atomic E-state index is 0.0737. The largest absolute Gasteiger partial charge is 0.508 e. The standard InChI is InChI=1S/C21H19NO2/c1-21(2,3)14-7-10-19-18(12-14)22-20(24-19)17-6-4-5-13-11-15(23)8-9-16(13)17/h4-12,23H,1-3H3. The highest BCUT2D eigenvalue weighted by atomic mass is 16.3. The van der Waals surface area contributed by atoms with Gasteiger partial charge in [-0.2, -0.15) is 0 Å². The predicted octanol–water partition coefficient (Wildman–Crippen LogP) is 5.65. The van der Waals surface area contributed by atoms with Gasteiger partial charge in [-0.05, 0) is 58.1 Å². The number of phenolic OH excluding ortho intramolecular Hbond substituents is 1. The van der Waals surface area contributed by atoms with Gasteiger partial charge in [-0.1, -0.05) is 39.0 Å². The molecule has 0 saturated carbocycles. The van der Waals surface area contributed by atoms with Gasteiger partial charge in [0.15, 0.2) is 5.58 Å². The van der Waals surface area contributed by atoms with Crippen molar-refractivity contribution in [1.29, 1.82) is 0 Å². The Kier molecular flexibility index (Phi) is 3.14. The Bertz CT molecular complexity index is 1050. The second-order valence-corrected chi connectivity index (χ2v) is 7.16. The summed E-state index contributed by atoms with van der Waals surface area (Å²) >= 11 is 0. The van der Waals surface area contributed by atoms with Crippen molar-refractivity contribution in [2.45, 2.75) is 26.2 Å². The fourth-order valence-electron chi connectivity index (χ4n) is 2.97. The lowest BCUT2D eigenvalue weighted by atomic mass is 9.87. The molecule has 0 amide bonds. The van der Waals surface area contributed by atoms with E-state index in [-0.39, 0.29) is 11.2 Å². The van der Waals surface area contributed by atoms with E-state index in [2.05, 4.69) is 32.9 Å². The summed E-state index contributed by atoms with van der Waals surface area (Å²) in [6, 6.07) is 17.4. The van der Waals surface area contributed by atoms with Crippen LogP contribution >= 0.6 is 0 Å². The minimum absolute atomic E-state index is 0.0737. The van der Waals surface area contributed by atoms with Crippen molar-refractivity contribution in [2.24, 2.45) is 0 Å². The Hall–Kier alpha value is -2.81. The van der Waals surface area contributed by atoms with Crippen LogP contribution in [0.3, 0.4) is 0 Å². The molecule has 3 nitrogen and oxygen atoms in total. The van der Waals surface area contributed by atoms with Crippen LogP contribution in [-0.2, 0) is 5.41 Å². The Balaban J connectivity index is 1.91. The first-order valence-electron chi connectivity index (χ1n) is 8.05. The Morgan fingerprint density at radius 2 is 1.79 bits per heavy atom. The molecule has 4 aromatic rings. The zero-order chi connectivity index (χ0) is 16.9. The van der Waals surface area contributed by atoms with E-state index < -0.39 is 0 Å². The number of aromatic hydroxyl groups is 1. The Morgan fingerprint density at radius 3 is 2.58 bits per heavy atom. The van der Waals surface area contributed by atoms with Gasteiger partial charge in [0.1, 0.15) is 11.3 Å². The summed E-state index contributed by atoms with van der Waals surface area (Å²) in [5, 5.41) is 11.6. The van der Waals surface area contributed by atoms with E-state index >= 15 is 0 Å². The van der Waals surface area contributed by atoms with Gasteiger partial charge in [0.25, 0.3) is 0 Å². The van der Waals surface area contributed by atoms with E-state index in [0.29, 0.717) is 5.89 Å². The fraction of sp³-hybridized carbons (Fsp3) is 0.190. The molecule has 1 heterocycles. The molecule has 4 rings (SSSR count). The number of rotatable bonds is 1. The third kappa shape index (κ3) is 2.42. The van der Waals surface area contributed by atoms with Crippen LogP contribution in [0.15, 0.2) is 59.0 Å². The average Bonchev–Trinajstić information content (AvgIpc) is 2.96. The number of nitrogens with zero attached hydrogens (tertiary/aromatic N) is 1. The number of oxazole rings is 1. The normalized spacial score (nSPS) is 12.1. The van der Waals surface area contributed by atoms with E-state index in [4.69, 9.17) is 9.40 Å². The molecule has 0 radical (unpaired) electrons. The highest BCUT2D eigenvalue weighted by Gasteiger charge is 2.17. The first-order valence-corrected chi connectivity index (χ1v) is 8.05. The number of benzene rings is 3. The minimum Gasteiger partial charge on any atom is -0.508 e. The van der Waals surface area contributed by atoms with Gasteiger partial charge in [-0.3, -0.25) is 0 Å². The molecule has 0 bridgehead atoms. The second-order valence-electron chi connectivity index (χ2n) is 7.16. The van der Waals surface area contributed by atoms with E-state index in [1.807, 2.05) is 30.3 Å². The van der Waals surface area contributed by atoms with Crippen molar-refractivity contribution < 1.29 is 9.52 Å². The predicted molar refractivity (Wildman–Crippen MR) is 97.3 cm³/mol. The number of hydrogen-bond donors (Lipinski definition) is 1. The van der Waals surface area contributed by atoms with Crippen LogP contribution in [0, 0.1) is 0 Å². The van der Waals surface area contributed by atoms with Gasteiger partial charge in [-0.25, -0.2) is 4.98 Å². The van der Waals surface area contributed by atoms with Crippen molar-refractivity contribution in [3.8, 4) is 17.2 Å². The van der Waals surface area contributed by atoms with Gasteiger partial charge in [0, 0.05) is 5.56 Å². The van der Waals surface area contributed by atoms with Crippen LogP contribution in [0.1, 0.15) is 26.3 Å².